The summed E-state index contributed by atoms with van der Waals surface area (Å²) >= 11 is 0. The van der Waals surface area contributed by atoms with E-state index in [1.165, 1.54) is 5.56 Å². The van der Waals surface area contributed by atoms with Crippen LogP contribution in [0.2, 0.25) is 0 Å². The fourth-order valence-corrected chi connectivity index (χ4v) is 1.39. The van der Waals surface area contributed by atoms with Gasteiger partial charge in [0.05, 0.1) is 32.9 Å². The maximum Gasteiger partial charge on any atom is 0.0993 e. The molecule has 0 fully saturated rings. The minimum atomic E-state index is 0.708. The first-order valence-electron chi connectivity index (χ1n) is 5.94. The van der Waals surface area contributed by atoms with Gasteiger partial charge in [-0.25, -0.2) is 0 Å². The predicted molar refractivity (Wildman–Crippen MR) is 64.3 cm³/mol. The van der Waals surface area contributed by atoms with Gasteiger partial charge in [-0.1, -0.05) is 30.3 Å². The van der Waals surface area contributed by atoms with Gasteiger partial charge in [0.1, 0.15) is 0 Å². The summed E-state index contributed by atoms with van der Waals surface area (Å²) in [6, 6.07) is 10.3. The number of quaternary nitrogens is 1. The molecule has 2 N–H and O–H groups in total. The van der Waals surface area contributed by atoms with E-state index in [9.17, 15) is 0 Å². The van der Waals surface area contributed by atoms with Crippen molar-refractivity contribution >= 4 is 0 Å². The number of hydrogen-bond donors (Lipinski definition) is 1. The number of rotatable bonds is 9. The van der Waals surface area contributed by atoms with Crippen molar-refractivity contribution < 1.29 is 14.8 Å². The van der Waals surface area contributed by atoms with Crippen molar-refractivity contribution in [2.45, 2.75) is 13.5 Å². The average molecular weight is 224 g/mol. The molecule has 0 saturated heterocycles. The predicted octanol–water partition coefficient (Wildman–Crippen LogP) is 0.803. The van der Waals surface area contributed by atoms with Crippen LogP contribution >= 0.6 is 0 Å². The lowest BCUT2D eigenvalue weighted by molar-refractivity contribution is -0.657. The molecule has 1 aromatic rings. The van der Waals surface area contributed by atoms with Crippen LogP contribution in [0.1, 0.15) is 12.5 Å². The molecule has 0 amide bonds. The molecule has 1 aromatic carbocycles. The highest BCUT2D eigenvalue weighted by molar-refractivity contribution is 5.13. The second-order valence-electron chi connectivity index (χ2n) is 3.60. The van der Waals surface area contributed by atoms with Gasteiger partial charge in [-0.15, -0.1) is 0 Å². The first-order chi connectivity index (χ1) is 7.93. The van der Waals surface area contributed by atoms with Gasteiger partial charge in [0, 0.05) is 6.61 Å². The standard InChI is InChI=1S/C13H21NO2/c1-2-15-10-8-14-9-11-16-12-13-6-4-3-5-7-13/h3-7,14H,2,8-12H2,1H3/p+1. The third kappa shape index (κ3) is 6.56. The van der Waals surface area contributed by atoms with E-state index in [0.29, 0.717) is 6.61 Å². The van der Waals surface area contributed by atoms with E-state index in [0.717, 1.165) is 32.9 Å². The first-order valence-corrected chi connectivity index (χ1v) is 5.94. The Kier molecular flexibility index (Phi) is 7.68. The lowest BCUT2D eigenvalue weighted by Gasteiger charge is -2.04. The summed E-state index contributed by atoms with van der Waals surface area (Å²) in [5.74, 6) is 0. The molecule has 90 valence electrons. The Labute approximate surface area is 97.8 Å². The van der Waals surface area contributed by atoms with E-state index >= 15 is 0 Å². The lowest BCUT2D eigenvalue weighted by atomic mass is 10.2. The Morgan fingerprint density at radius 3 is 2.38 bits per heavy atom. The zero-order chi connectivity index (χ0) is 11.5. The lowest BCUT2D eigenvalue weighted by Crippen LogP contribution is -2.86. The molecule has 0 saturated carbocycles. The third-order valence-electron chi connectivity index (χ3n) is 2.25. The highest BCUT2D eigenvalue weighted by Crippen LogP contribution is 1.99. The summed E-state index contributed by atoms with van der Waals surface area (Å²) in [5.41, 5.74) is 1.23. The first kappa shape index (κ1) is 13.2. The molecule has 0 atom stereocenters. The molecule has 3 heteroatoms. The van der Waals surface area contributed by atoms with Gasteiger partial charge < -0.3 is 14.8 Å². The number of hydrogen-bond acceptors (Lipinski definition) is 2. The van der Waals surface area contributed by atoms with Gasteiger partial charge in [0.2, 0.25) is 0 Å². The highest BCUT2D eigenvalue weighted by Gasteiger charge is 1.93. The molecule has 16 heavy (non-hydrogen) atoms. The summed E-state index contributed by atoms with van der Waals surface area (Å²) in [7, 11) is 0. The van der Waals surface area contributed by atoms with Crippen LogP contribution in [0.25, 0.3) is 0 Å². The maximum atomic E-state index is 5.55. The van der Waals surface area contributed by atoms with E-state index in [2.05, 4.69) is 17.4 Å². The van der Waals surface area contributed by atoms with Gasteiger partial charge in [0.25, 0.3) is 0 Å². The molecule has 0 bridgehead atoms. The molecule has 0 aromatic heterocycles. The molecular weight excluding hydrogens is 202 g/mol. The van der Waals surface area contributed by atoms with Crippen LogP contribution in [-0.2, 0) is 16.1 Å². The zero-order valence-corrected chi connectivity index (χ0v) is 10.0. The van der Waals surface area contributed by atoms with Gasteiger partial charge in [-0.05, 0) is 12.5 Å². The van der Waals surface area contributed by atoms with Gasteiger partial charge in [0.15, 0.2) is 0 Å². The van der Waals surface area contributed by atoms with Crippen molar-refractivity contribution in [3.8, 4) is 0 Å². The Hall–Kier alpha value is -0.900. The molecule has 0 radical (unpaired) electrons. The molecule has 0 spiro atoms. The van der Waals surface area contributed by atoms with E-state index in [4.69, 9.17) is 9.47 Å². The molecule has 0 aliphatic rings. The van der Waals surface area contributed by atoms with Crippen LogP contribution < -0.4 is 5.32 Å². The summed E-state index contributed by atoms with van der Waals surface area (Å²) in [5, 5.41) is 2.22. The Morgan fingerprint density at radius 2 is 1.69 bits per heavy atom. The van der Waals surface area contributed by atoms with E-state index in [1.807, 2.05) is 25.1 Å². The largest absolute Gasteiger partial charge is 0.376 e. The molecule has 0 aliphatic heterocycles. The van der Waals surface area contributed by atoms with Crippen molar-refractivity contribution in [2.24, 2.45) is 0 Å². The minimum absolute atomic E-state index is 0.708. The van der Waals surface area contributed by atoms with Gasteiger partial charge >= 0.3 is 0 Å². The summed E-state index contributed by atoms with van der Waals surface area (Å²) in [6.45, 7) is 7.17. The maximum absolute atomic E-state index is 5.55. The van der Waals surface area contributed by atoms with Crippen LogP contribution in [0.4, 0.5) is 0 Å². The van der Waals surface area contributed by atoms with Crippen LogP contribution in [0, 0.1) is 0 Å². The zero-order valence-electron chi connectivity index (χ0n) is 10.0. The fraction of sp³-hybridized carbons (Fsp3) is 0.538. The number of nitrogens with two attached hydrogens (primary N) is 1. The molecule has 3 nitrogen and oxygen atoms in total. The van der Waals surface area contributed by atoms with E-state index in [1.54, 1.807) is 0 Å². The quantitative estimate of drug-likeness (QED) is 0.630. The minimum Gasteiger partial charge on any atom is -0.376 e. The molecular formula is C13H22NO2+. The molecule has 0 unspecified atom stereocenters. The summed E-state index contributed by atoms with van der Waals surface area (Å²) in [4.78, 5) is 0. The topological polar surface area (TPSA) is 35.1 Å². The molecule has 1 rings (SSSR count). The summed E-state index contributed by atoms with van der Waals surface area (Å²) < 4.78 is 10.8. The number of ether oxygens (including phenoxy) is 2. The van der Waals surface area contributed by atoms with E-state index < -0.39 is 0 Å². The monoisotopic (exact) mass is 224 g/mol. The van der Waals surface area contributed by atoms with Crippen LogP contribution in [0.5, 0.6) is 0 Å². The molecule has 0 aliphatic carbocycles. The van der Waals surface area contributed by atoms with Gasteiger partial charge in [-0.3, -0.25) is 0 Å². The Balaban J connectivity index is 1.89. The van der Waals surface area contributed by atoms with Crippen LogP contribution in [0.3, 0.4) is 0 Å². The fourth-order valence-electron chi connectivity index (χ4n) is 1.39. The highest BCUT2D eigenvalue weighted by atomic mass is 16.5. The van der Waals surface area contributed by atoms with Crippen molar-refractivity contribution in [1.82, 2.24) is 0 Å². The number of benzene rings is 1. The molecule has 0 heterocycles. The Morgan fingerprint density at radius 1 is 1.00 bits per heavy atom. The van der Waals surface area contributed by atoms with Crippen LogP contribution in [0.15, 0.2) is 30.3 Å². The average Bonchev–Trinajstić information content (AvgIpc) is 2.34. The summed E-state index contributed by atoms with van der Waals surface area (Å²) in [6.07, 6.45) is 0. The van der Waals surface area contributed by atoms with Crippen molar-refractivity contribution in [1.29, 1.82) is 0 Å². The second kappa shape index (κ2) is 9.33. The normalized spacial score (nSPS) is 10.6. The van der Waals surface area contributed by atoms with Crippen molar-refractivity contribution in [3.63, 3.8) is 0 Å². The third-order valence-corrected chi connectivity index (χ3v) is 2.25. The van der Waals surface area contributed by atoms with Crippen molar-refractivity contribution in [3.05, 3.63) is 35.9 Å². The smallest absolute Gasteiger partial charge is 0.0993 e. The van der Waals surface area contributed by atoms with Gasteiger partial charge in [-0.2, -0.15) is 0 Å². The Bertz CT molecular complexity index is 251. The van der Waals surface area contributed by atoms with Crippen molar-refractivity contribution in [2.75, 3.05) is 32.9 Å². The van der Waals surface area contributed by atoms with Crippen LogP contribution in [-0.4, -0.2) is 32.9 Å². The second-order valence-corrected chi connectivity index (χ2v) is 3.60. The van der Waals surface area contributed by atoms with E-state index in [-0.39, 0.29) is 0 Å². The SMILES string of the molecule is CCOCC[NH2+]CCOCc1ccccc1.